The maximum Gasteiger partial charge on any atom is 0.350 e. The summed E-state index contributed by atoms with van der Waals surface area (Å²) in [6.45, 7) is 3.75. The molecule has 0 unspecified atom stereocenters. The summed E-state index contributed by atoms with van der Waals surface area (Å²) < 4.78 is 10.9. The number of hydrogen-bond acceptors (Lipinski definition) is 7. The van der Waals surface area contributed by atoms with Crippen LogP contribution >= 0.6 is 22.7 Å². The molecule has 0 amide bonds. The fourth-order valence-electron chi connectivity index (χ4n) is 1.73. The maximum atomic E-state index is 11.9. The molecule has 0 spiro atoms. The molecule has 0 aliphatic carbocycles. The highest BCUT2D eigenvalue weighted by atomic mass is 32.1. The number of oxazole rings is 1. The minimum atomic E-state index is -0.388. The van der Waals surface area contributed by atoms with Crippen LogP contribution in [0.25, 0.3) is 10.8 Å². The van der Waals surface area contributed by atoms with E-state index in [1.165, 1.54) is 17.5 Å². The van der Waals surface area contributed by atoms with Gasteiger partial charge in [-0.05, 0) is 25.3 Å². The third-order valence-corrected chi connectivity index (χ3v) is 4.54. The van der Waals surface area contributed by atoms with Crippen molar-refractivity contribution < 1.29 is 13.9 Å². The second-order valence-electron chi connectivity index (χ2n) is 4.32. The van der Waals surface area contributed by atoms with Crippen LogP contribution in [0.15, 0.2) is 28.1 Å². The van der Waals surface area contributed by atoms with Crippen molar-refractivity contribution in [3.05, 3.63) is 45.0 Å². The van der Waals surface area contributed by atoms with Gasteiger partial charge < -0.3 is 9.15 Å². The SMILES string of the molecule is Cc1ncc(C(=O)OCc2nc(-c3cccs3)oc2C)s1. The molecule has 0 saturated carbocycles. The second kappa shape index (κ2) is 5.79. The summed E-state index contributed by atoms with van der Waals surface area (Å²) in [4.78, 5) is 21.7. The van der Waals surface area contributed by atoms with Crippen LogP contribution in [0.3, 0.4) is 0 Å². The summed E-state index contributed by atoms with van der Waals surface area (Å²) in [6, 6.07) is 3.87. The molecule has 0 aliphatic heterocycles. The van der Waals surface area contributed by atoms with E-state index in [-0.39, 0.29) is 12.6 Å². The first kappa shape index (κ1) is 14.0. The normalized spacial score (nSPS) is 10.8. The van der Waals surface area contributed by atoms with Crippen LogP contribution in [0.5, 0.6) is 0 Å². The number of aromatic nitrogens is 2. The Morgan fingerprint density at radius 3 is 2.95 bits per heavy atom. The number of carbonyl (C=O) groups excluding carboxylic acids is 1. The van der Waals surface area contributed by atoms with Gasteiger partial charge in [0.2, 0.25) is 5.89 Å². The standard InChI is InChI=1S/C14H12N2O3S2/c1-8-10(16-13(19-8)11-4-3-5-20-11)7-18-14(17)12-6-15-9(2)21-12/h3-6H,7H2,1-2H3. The molecule has 3 aromatic rings. The van der Waals surface area contributed by atoms with E-state index in [9.17, 15) is 4.79 Å². The monoisotopic (exact) mass is 320 g/mol. The third kappa shape index (κ3) is 3.03. The largest absolute Gasteiger partial charge is 0.455 e. The molecule has 0 fully saturated rings. The van der Waals surface area contributed by atoms with Gasteiger partial charge in [-0.15, -0.1) is 22.7 Å². The number of nitrogens with zero attached hydrogens (tertiary/aromatic N) is 2. The molecule has 0 aromatic carbocycles. The third-order valence-electron chi connectivity index (χ3n) is 2.79. The minimum absolute atomic E-state index is 0.0937. The molecule has 0 atom stereocenters. The number of thiophene rings is 1. The molecule has 7 heteroatoms. The van der Waals surface area contributed by atoms with E-state index in [0.29, 0.717) is 22.2 Å². The molecule has 0 N–H and O–H groups in total. The molecule has 5 nitrogen and oxygen atoms in total. The summed E-state index contributed by atoms with van der Waals surface area (Å²) >= 11 is 2.86. The van der Waals surface area contributed by atoms with Gasteiger partial charge >= 0.3 is 5.97 Å². The zero-order valence-electron chi connectivity index (χ0n) is 11.5. The van der Waals surface area contributed by atoms with Crippen LogP contribution in [0.2, 0.25) is 0 Å². The lowest BCUT2D eigenvalue weighted by Gasteiger charge is -2.00. The quantitative estimate of drug-likeness (QED) is 0.683. The van der Waals surface area contributed by atoms with E-state index in [2.05, 4.69) is 9.97 Å². The second-order valence-corrected chi connectivity index (χ2v) is 6.50. The fraction of sp³-hybridized carbons (Fsp3) is 0.214. The zero-order chi connectivity index (χ0) is 14.8. The molecule has 108 valence electrons. The van der Waals surface area contributed by atoms with Gasteiger partial charge in [0.1, 0.15) is 22.9 Å². The first-order valence-corrected chi connectivity index (χ1v) is 7.93. The van der Waals surface area contributed by atoms with Gasteiger partial charge in [-0.3, -0.25) is 0 Å². The molecular weight excluding hydrogens is 308 g/mol. The number of aryl methyl sites for hydroxylation is 2. The van der Waals surface area contributed by atoms with Crippen molar-refractivity contribution in [1.29, 1.82) is 0 Å². The first-order valence-electron chi connectivity index (χ1n) is 6.23. The molecule has 0 aliphatic rings. The average Bonchev–Trinajstić information content (AvgIpc) is 3.16. The summed E-state index contributed by atoms with van der Waals surface area (Å²) in [5, 5.41) is 2.79. The van der Waals surface area contributed by atoms with E-state index < -0.39 is 0 Å². The van der Waals surface area contributed by atoms with E-state index >= 15 is 0 Å². The summed E-state index contributed by atoms with van der Waals surface area (Å²) in [6.07, 6.45) is 1.52. The number of thiazole rings is 1. The summed E-state index contributed by atoms with van der Waals surface area (Å²) in [5.74, 6) is 0.828. The lowest BCUT2D eigenvalue weighted by molar-refractivity contribution is 0.0472. The fourth-order valence-corrected chi connectivity index (χ4v) is 3.05. The Kier molecular flexibility index (Phi) is 3.85. The molecule has 3 heterocycles. The number of hydrogen-bond donors (Lipinski definition) is 0. The minimum Gasteiger partial charge on any atom is -0.455 e. The highest BCUT2D eigenvalue weighted by molar-refractivity contribution is 7.13. The van der Waals surface area contributed by atoms with E-state index in [0.717, 1.165) is 9.88 Å². The smallest absolute Gasteiger partial charge is 0.350 e. The Hall–Kier alpha value is -1.99. The van der Waals surface area contributed by atoms with Crippen molar-refractivity contribution in [1.82, 2.24) is 9.97 Å². The summed E-state index contributed by atoms with van der Waals surface area (Å²) in [7, 11) is 0. The van der Waals surface area contributed by atoms with E-state index in [1.807, 2.05) is 31.4 Å². The van der Waals surface area contributed by atoms with Gasteiger partial charge in [0.25, 0.3) is 0 Å². The van der Waals surface area contributed by atoms with Crippen molar-refractivity contribution in [2.75, 3.05) is 0 Å². The Morgan fingerprint density at radius 2 is 2.29 bits per heavy atom. The predicted octanol–water partition coefficient (Wildman–Crippen LogP) is 3.83. The van der Waals surface area contributed by atoms with Crippen molar-refractivity contribution in [3.63, 3.8) is 0 Å². The molecule has 0 radical (unpaired) electrons. The van der Waals surface area contributed by atoms with E-state index in [1.54, 1.807) is 11.3 Å². The predicted molar refractivity (Wildman–Crippen MR) is 80.5 cm³/mol. The molecule has 3 rings (SSSR count). The molecule has 0 saturated heterocycles. The van der Waals surface area contributed by atoms with Crippen LogP contribution < -0.4 is 0 Å². The van der Waals surface area contributed by atoms with Crippen LogP contribution in [-0.4, -0.2) is 15.9 Å². The van der Waals surface area contributed by atoms with Crippen LogP contribution in [-0.2, 0) is 11.3 Å². The van der Waals surface area contributed by atoms with Gasteiger partial charge in [0.05, 0.1) is 16.1 Å². The van der Waals surface area contributed by atoms with Gasteiger partial charge in [0.15, 0.2) is 0 Å². The Balaban J connectivity index is 1.69. The van der Waals surface area contributed by atoms with Gasteiger partial charge in [-0.2, -0.15) is 0 Å². The van der Waals surface area contributed by atoms with E-state index in [4.69, 9.17) is 9.15 Å². The maximum absolute atomic E-state index is 11.9. The van der Waals surface area contributed by atoms with Gasteiger partial charge in [-0.25, -0.2) is 14.8 Å². The molecular formula is C14H12N2O3S2. The Morgan fingerprint density at radius 1 is 1.43 bits per heavy atom. The lowest BCUT2D eigenvalue weighted by atomic mass is 10.4. The Bertz CT molecular complexity index is 759. The topological polar surface area (TPSA) is 65.2 Å². The average molecular weight is 320 g/mol. The number of carbonyl (C=O) groups is 1. The van der Waals surface area contributed by atoms with Crippen LogP contribution in [0.4, 0.5) is 0 Å². The van der Waals surface area contributed by atoms with Gasteiger partial charge in [-0.1, -0.05) is 6.07 Å². The highest BCUT2D eigenvalue weighted by Crippen LogP contribution is 2.26. The molecule has 0 bridgehead atoms. The highest BCUT2D eigenvalue weighted by Gasteiger charge is 2.16. The van der Waals surface area contributed by atoms with Crippen molar-refractivity contribution in [3.8, 4) is 10.8 Å². The number of ether oxygens (including phenoxy) is 1. The van der Waals surface area contributed by atoms with Crippen LogP contribution in [0, 0.1) is 13.8 Å². The van der Waals surface area contributed by atoms with Crippen molar-refractivity contribution >= 4 is 28.6 Å². The lowest BCUT2D eigenvalue weighted by Crippen LogP contribution is -2.04. The van der Waals surface area contributed by atoms with Gasteiger partial charge in [0, 0.05) is 0 Å². The Labute approximate surface area is 129 Å². The number of esters is 1. The van der Waals surface area contributed by atoms with Crippen molar-refractivity contribution in [2.24, 2.45) is 0 Å². The number of rotatable bonds is 4. The molecule has 21 heavy (non-hydrogen) atoms. The zero-order valence-corrected chi connectivity index (χ0v) is 13.1. The molecule has 3 aromatic heterocycles. The first-order chi connectivity index (χ1) is 10.1. The van der Waals surface area contributed by atoms with Crippen LogP contribution in [0.1, 0.15) is 26.1 Å². The summed E-state index contributed by atoms with van der Waals surface area (Å²) in [5.41, 5.74) is 0.632. The van der Waals surface area contributed by atoms with Crippen molar-refractivity contribution in [2.45, 2.75) is 20.5 Å².